The van der Waals surface area contributed by atoms with Crippen LogP contribution in [0.1, 0.15) is 0 Å². The zero-order chi connectivity index (χ0) is 13.1. The van der Waals surface area contributed by atoms with Gasteiger partial charge in [0.2, 0.25) is 0 Å². The number of morpholine rings is 1. The first kappa shape index (κ1) is 11.9. The van der Waals surface area contributed by atoms with Gasteiger partial charge in [-0.3, -0.25) is 0 Å². The van der Waals surface area contributed by atoms with Crippen molar-refractivity contribution in [3.05, 3.63) is 36.4 Å². The third kappa shape index (κ3) is 2.51. The van der Waals surface area contributed by atoms with Gasteiger partial charge in [0, 0.05) is 18.7 Å². The Bertz CT molecular complexity index is 553. The molecule has 0 radical (unpaired) electrons. The minimum atomic E-state index is 0.474. The van der Waals surface area contributed by atoms with Crippen LogP contribution in [-0.2, 0) is 4.74 Å². The Morgan fingerprint density at radius 3 is 2.53 bits per heavy atom. The van der Waals surface area contributed by atoms with Gasteiger partial charge in [0.25, 0.3) is 0 Å². The molecule has 5 heteroatoms. The summed E-state index contributed by atoms with van der Waals surface area (Å²) in [5.74, 6) is 0.474. The Morgan fingerprint density at radius 1 is 1.05 bits per heavy atom. The maximum atomic E-state index is 5.94. The molecule has 0 bridgehead atoms. The van der Waals surface area contributed by atoms with Gasteiger partial charge in [-0.1, -0.05) is 30.3 Å². The van der Waals surface area contributed by atoms with E-state index in [0.717, 1.165) is 43.2 Å². The lowest BCUT2D eigenvalue weighted by molar-refractivity contribution is 0.122. The number of ether oxygens (including phenoxy) is 1. The number of hydrogen-bond donors (Lipinski definition) is 1. The monoisotopic (exact) mass is 256 g/mol. The van der Waals surface area contributed by atoms with Crippen LogP contribution in [0.3, 0.4) is 0 Å². The first-order chi connectivity index (χ1) is 9.34. The molecule has 1 aliphatic rings. The van der Waals surface area contributed by atoms with Gasteiger partial charge in [0.05, 0.1) is 24.6 Å². The molecular weight excluding hydrogens is 240 g/mol. The van der Waals surface area contributed by atoms with Gasteiger partial charge in [-0.15, -0.1) is 10.2 Å². The van der Waals surface area contributed by atoms with E-state index in [9.17, 15) is 0 Å². The van der Waals surface area contributed by atoms with E-state index in [-0.39, 0.29) is 0 Å². The van der Waals surface area contributed by atoms with Crippen LogP contribution in [0.5, 0.6) is 0 Å². The van der Waals surface area contributed by atoms with Crippen molar-refractivity contribution >= 4 is 11.5 Å². The van der Waals surface area contributed by atoms with E-state index in [2.05, 4.69) is 15.1 Å². The van der Waals surface area contributed by atoms with E-state index in [1.807, 2.05) is 36.4 Å². The molecule has 0 amide bonds. The first-order valence-electron chi connectivity index (χ1n) is 6.36. The molecule has 1 saturated heterocycles. The molecule has 0 saturated carbocycles. The van der Waals surface area contributed by atoms with Crippen molar-refractivity contribution in [2.75, 3.05) is 36.9 Å². The molecular formula is C14H16N4O. The van der Waals surface area contributed by atoms with Gasteiger partial charge in [0.15, 0.2) is 5.82 Å². The summed E-state index contributed by atoms with van der Waals surface area (Å²) >= 11 is 0. The molecule has 5 nitrogen and oxygen atoms in total. The molecule has 0 unspecified atom stereocenters. The lowest BCUT2D eigenvalue weighted by Gasteiger charge is -2.29. The van der Waals surface area contributed by atoms with Gasteiger partial charge < -0.3 is 15.4 Å². The molecule has 19 heavy (non-hydrogen) atoms. The maximum absolute atomic E-state index is 5.94. The summed E-state index contributed by atoms with van der Waals surface area (Å²) in [5.41, 5.74) is 8.77. The Labute approximate surface area is 112 Å². The van der Waals surface area contributed by atoms with Crippen molar-refractivity contribution in [1.29, 1.82) is 0 Å². The van der Waals surface area contributed by atoms with Crippen molar-refractivity contribution in [2.45, 2.75) is 0 Å². The second-order valence-corrected chi connectivity index (χ2v) is 4.47. The molecule has 1 fully saturated rings. The third-order valence-electron chi connectivity index (χ3n) is 3.22. The summed E-state index contributed by atoms with van der Waals surface area (Å²) in [7, 11) is 0. The highest BCUT2D eigenvalue weighted by atomic mass is 16.5. The second-order valence-electron chi connectivity index (χ2n) is 4.47. The normalized spacial score (nSPS) is 15.5. The zero-order valence-corrected chi connectivity index (χ0v) is 10.6. The number of hydrogen-bond acceptors (Lipinski definition) is 5. The van der Waals surface area contributed by atoms with E-state index in [1.54, 1.807) is 0 Å². The largest absolute Gasteiger partial charge is 0.380 e. The van der Waals surface area contributed by atoms with Crippen LogP contribution in [0.4, 0.5) is 11.5 Å². The highest BCUT2D eigenvalue weighted by Gasteiger charge is 2.16. The van der Waals surface area contributed by atoms with E-state index in [1.165, 1.54) is 0 Å². The fourth-order valence-electron chi connectivity index (χ4n) is 2.20. The molecule has 0 spiro atoms. The average molecular weight is 256 g/mol. The first-order valence-corrected chi connectivity index (χ1v) is 6.36. The van der Waals surface area contributed by atoms with Crippen LogP contribution < -0.4 is 10.6 Å². The van der Waals surface area contributed by atoms with Crippen LogP contribution in [0.25, 0.3) is 11.3 Å². The van der Waals surface area contributed by atoms with Crippen LogP contribution in [0, 0.1) is 0 Å². The summed E-state index contributed by atoms with van der Waals surface area (Å²) in [5, 5.41) is 8.25. The highest BCUT2D eigenvalue weighted by molar-refractivity contribution is 5.70. The SMILES string of the molecule is Nc1nnc(-c2ccccc2)cc1N1CCOCC1. The highest BCUT2D eigenvalue weighted by Crippen LogP contribution is 2.26. The second kappa shape index (κ2) is 5.24. The fraction of sp³-hybridized carbons (Fsp3) is 0.286. The third-order valence-corrected chi connectivity index (χ3v) is 3.22. The van der Waals surface area contributed by atoms with Crippen LogP contribution in [0.2, 0.25) is 0 Å². The average Bonchev–Trinajstić information content (AvgIpc) is 2.49. The standard InChI is InChI=1S/C14H16N4O/c15-14-13(18-6-8-19-9-7-18)10-12(16-17-14)11-4-2-1-3-5-11/h1-5,10H,6-9H2,(H2,15,17). The molecule has 1 aromatic carbocycles. The van der Waals surface area contributed by atoms with Gasteiger partial charge in [-0.2, -0.15) is 0 Å². The zero-order valence-electron chi connectivity index (χ0n) is 10.6. The Kier molecular flexibility index (Phi) is 3.29. The number of anilines is 2. The molecule has 2 heterocycles. The van der Waals surface area contributed by atoms with Gasteiger partial charge in [0.1, 0.15) is 0 Å². The number of benzene rings is 1. The van der Waals surface area contributed by atoms with Crippen molar-refractivity contribution < 1.29 is 4.74 Å². The number of rotatable bonds is 2. The minimum absolute atomic E-state index is 0.474. The number of nitrogen functional groups attached to an aromatic ring is 1. The Balaban J connectivity index is 1.96. The molecule has 1 aromatic heterocycles. The van der Waals surface area contributed by atoms with E-state index in [4.69, 9.17) is 10.5 Å². The van der Waals surface area contributed by atoms with E-state index >= 15 is 0 Å². The van der Waals surface area contributed by atoms with E-state index < -0.39 is 0 Å². The Morgan fingerprint density at radius 2 is 1.79 bits per heavy atom. The summed E-state index contributed by atoms with van der Waals surface area (Å²) in [4.78, 5) is 2.19. The fourth-order valence-corrected chi connectivity index (χ4v) is 2.20. The van der Waals surface area contributed by atoms with Crippen LogP contribution in [-0.4, -0.2) is 36.5 Å². The van der Waals surface area contributed by atoms with Crippen LogP contribution >= 0.6 is 0 Å². The predicted octanol–water partition coefficient (Wildman–Crippen LogP) is 1.56. The Hall–Kier alpha value is -2.14. The van der Waals surface area contributed by atoms with Gasteiger partial charge >= 0.3 is 0 Å². The smallest absolute Gasteiger partial charge is 0.169 e. The number of nitrogens with two attached hydrogens (primary N) is 1. The molecule has 2 aromatic rings. The van der Waals surface area contributed by atoms with E-state index in [0.29, 0.717) is 5.82 Å². The topological polar surface area (TPSA) is 64.3 Å². The summed E-state index contributed by atoms with van der Waals surface area (Å²) < 4.78 is 5.36. The van der Waals surface area contributed by atoms with Crippen molar-refractivity contribution in [2.24, 2.45) is 0 Å². The molecule has 2 N–H and O–H groups in total. The quantitative estimate of drug-likeness (QED) is 0.883. The molecule has 98 valence electrons. The lowest BCUT2D eigenvalue weighted by Crippen LogP contribution is -2.36. The number of aromatic nitrogens is 2. The summed E-state index contributed by atoms with van der Waals surface area (Å²) in [6.45, 7) is 3.12. The van der Waals surface area contributed by atoms with Gasteiger partial charge in [-0.25, -0.2) is 0 Å². The summed E-state index contributed by atoms with van der Waals surface area (Å²) in [6.07, 6.45) is 0. The van der Waals surface area contributed by atoms with Crippen molar-refractivity contribution in [3.8, 4) is 11.3 Å². The molecule has 0 aliphatic carbocycles. The predicted molar refractivity (Wildman–Crippen MR) is 74.9 cm³/mol. The number of nitrogens with zero attached hydrogens (tertiary/aromatic N) is 3. The maximum Gasteiger partial charge on any atom is 0.169 e. The molecule has 1 aliphatic heterocycles. The molecule has 0 atom stereocenters. The van der Waals surface area contributed by atoms with Crippen molar-refractivity contribution in [3.63, 3.8) is 0 Å². The summed E-state index contributed by atoms with van der Waals surface area (Å²) in [6, 6.07) is 12.0. The molecule has 3 rings (SSSR count). The van der Waals surface area contributed by atoms with Crippen LogP contribution in [0.15, 0.2) is 36.4 Å². The van der Waals surface area contributed by atoms with Gasteiger partial charge in [-0.05, 0) is 6.07 Å². The van der Waals surface area contributed by atoms with Crippen molar-refractivity contribution in [1.82, 2.24) is 10.2 Å². The lowest BCUT2D eigenvalue weighted by atomic mass is 10.1. The minimum Gasteiger partial charge on any atom is -0.380 e.